The number of carbonyl (C=O) groups is 2. The Kier molecular flexibility index (Phi) is 1.31. The Labute approximate surface area is 61.8 Å². The Morgan fingerprint density at radius 1 is 1.09 bits per heavy atom. The minimum absolute atomic E-state index is 0.743. The predicted octanol–water partition coefficient (Wildman–Crippen LogP) is 0.0992. The highest BCUT2D eigenvalue weighted by molar-refractivity contribution is 6.12. The summed E-state index contributed by atoms with van der Waals surface area (Å²) < 4.78 is 26.0. The van der Waals surface area contributed by atoms with Gasteiger partial charge >= 0.3 is 0 Å². The molecule has 1 fully saturated rings. The molecular formula is C6H7F2NO2. The van der Waals surface area contributed by atoms with E-state index in [4.69, 9.17) is 0 Å². The van der Waals surface area contributed by atoms with Crippen LogP contribution in [0.1, 0.15) is 13.8 Å². The van der Waals surface area contributed by atoms with Crippen molar-refractivity contribution in [3.63, 3.8) is 0 Å². The molecule has 0 aromatic carbocycles. The van der Waals surface area contributed by atoms with E-state index in [0.717, 1.165) is 13.8 Å². The van der Waals surface area contributed by atoms with Crippen LogP contribution in [-0.2, 0) is 9.59 Å². The standard InChI is InChI=1S/C6H7F2NO2/c1-5(7)3(10)9-4(11)6(5,2)8/h1-2H3,(H,9,10,11). The van der Waals surface area contributed by atoms with E-state index < -0.39 is 23.2 Å². The molecule has 3 nitrogen and oxygen atoms in total. The number of alkyl halides is 2. The second-order valence-electron chi connectivity index (χ2n) is 2.79. The monoisotopic (exact) mass is 163 g/mol. The van der Waals surface area contributed by atoms with E-state index in [1.807, 2.05) is 0 Å². The van der Waals surface area contributed by atoms with E-state index in [9.17, 15) is 18.4 Å². The molecule has 0 aromatic rings. The Morgan fingerprint density at radius 3 is 1.45 bits per heavy atom. The molecule has 2 atom stereocenters. The molecule has 0 bridgehead atoms. The van der Waals surface area contributed by atoms with Crippen LogP contribution in [-0.4, -0.2) is 23.2 Å². The summed E-state index contributed by atoms with van der Waals surface area (Å²) in [5, 5.41) is 1.57. The molecule has 0 spiro atoms. The van der Waals surface area contributed by atoms with Crippen molar-refractivity contribution >= 4 is 11.8 Å². The number of amides is 2. The molecule has 1 saturated heterocycles. The lowest BCUT2D eigenvalue weighted by molar-refractivity contribution is -0.136. The number of hydrogen-bond acceptors (Lipinski definition) is 2. The van der Waals surface area contributed by atoms with Crippen LogP contribution < -0.4 is 5.32 Å². The summed E-state index contributed by atoms with van der Waals surface area (Å²) in [5.41, 5.74) is -5.49. The number of carbonyl (C=O) groups excluding carboxylic acids is 2. The van der Waals surface area contributed by atoms with E-state index in [1.54, 1.807) is 5.32 Å². The van der Waals surface area contributed by atoms with Crippen molar-refractivity contribution < 1.29 is 18.4 Å². The first-order valence-corrected chi connectivity index (χ1v) is 3.04. The molecule has 62 valence electrons. The third kappa shape index (κ3) is 0.766. The van der Waals surface area contributed by atoms with E-state index in [1.165, 1.54) is 0 Å². The molecule has 0 aliphatic carbocycles. The lowest BCUT2D eigenvalue weighted by atomic mass is 9.92. The van der Waals surface area contributed by atoms with Crippen molar-refractivity contribution in [2.45, 2.75) is 25.2 Å². The molecule has 2 amide bonds. The zero-order valence-electron chi connectivity index (χ0n) is 6.07. The molecule has 0 saturated carbocycles. The summed E-state index contributed by atoms with van der Waals surface area (Å²) in [5.74, 6) is -2.43. The first-order valence-electron chi connectivity index (χ1n) is 3.04. The van der Waals surface area contributed by atoms with Gasteiger partial charge in [-0.15, -0.1) is 0 Å². The molecule has 1 heterocycles. The summed E-state index contributed by atoms with van der Waals surface area (Å²) in [4.78, 5) is 21.1. The van der Waals surface area contributed by atoms with Gasteiger partial charge in [-0.25, -0.2) is 8.78 Å². The summed E-state index contributed by atoms with van der Waals surface area (Å²) >= 11 is 0. The largest absolute Gasteiger partial charge is 0.291 e. The minimum Gasteiger partial charge on any atom is -0.291 e. The van der Waals surface area contributed by atoms with Crippen molar-refractivity contribution in [1.29, 1.82) is 0 Å². The van der Waals surface area contributed by atoms with E-state index >= 15 is 0 Å². The maximum atomic E-state index is 13.0. The van der Waals surface area contributed by atoms with Crippen LogP contribution in [0.25, 0.3) is 0 Å². The van der Waals surface area contributed by atoms with Gasteiger partial charge in [0.15, 0.2) is 0 Å². The molecule has 1 aliphatic heterocycles. The maximum Gasteiger partial charge on any atom is 0.268 e. The third-order valence-electron chi connectivity index (χ3n) is 1.96. The van der Waals surface area contributed by atoms with Crippen LogP contribution in [0.15, 0.2) is 0 Å². The average Bonchev–Trinajstić information content (AvgIpc) is 1.95. The van der Waals surface area contributed by atoms with Gasteiger partial charge in [0.25, 0.3) is 11.8 Å². The Bertz CT molecular complexity index is 211. The molecule has 11 heavy (non-hydrogen) atoms. The molecular weight excluding hydrogens is 156 g/mol. The summed E-state index contributed by atoms with van der Waals surface area (Å²) in [6.45, 7) is 1.49. The third-order valence-corrected chi connectivity index (χ3v) is 1.96. The molecule has 1 aliphatic rings. The van der Waals surface area contributed by atoms with Gasteiger partial charge in [-0.3, -0.25) is 14.9 Å². The summed E-state index contributed by atoms with van der Waals surface area (Å²) in [7, 11) is 0. The second-order valence-corrected chi connectivity index (χ2v) is 2.79. The van der Waals surface area contributed by atoms with Gasteiger partial charge in [0.05, 0.1) is 0 Å². The van der Waals surface area contributed by atoms with E-state index in [-0.39, 0.29) is 0 Å². The predicted molar refractivity (Wildman–Crippen MR) is 32.2 cm³/mol. The van der Waals surface area contributed by atoms with Crippen LogP contribution in [0.3, 0.4) is 0 Å². The summed E-state index contributed by atoms with van der Waals surface area (Å²) in [6, 6.07) is 0. The van der Waals surface area contributed by atoms with Gasteiger partial charge in [0.1, 0.15) is 0 Å². The van der Waals surface area contributed by atoms with Crippen molar-refractivity contribution in [2.75, 3.05) is 0 Å². The highest BCUT2D eigenvalue weighted by atomic mass is 19.2. The van der Waals surface area contributed by atoms with Gasteiger partial charge < -0.3 is 0 Å². The van der Waals surface area contributed by atoms with E-state index in [2.05, 4.69) is 0 Å². The number of hydrogen-bond donors (Lipinski definition) is 1. The zero-order chi connectivity index (χ0) is 8.86. The molecule has 0 radical (unpaired) electrons. The van der Waals surface area contributed by atoms with Crippen LogP contribution in [0.5, 0.6) is 0 Å². The van der Waals surface area contributed by atoms with Gasteiger partial charge in [0.2, 0.25) is 11.3 Å². The smallest absolute Gasteiger partial charge is 0.268 e. The van der Waals surface area contributed by atoms with Gasteiger partial charge in [-0.2, -0.15) is 0 Å². The SMILES string of the molecule is CC1(F)C(=O)NC(=O)C1(C)F. The number of rotatable bonds is 0. The van der Waals surface area contributed by atoms with Gasteiger partial charge in [-0.1, -0.05) is 0 Å². The lowest BCUT2D eigenvalue weighted by Crippen LogP contribution is -2.45. The van der Waals surface area contributed by atoms with Crippen LogP contribution in [0.4, 0.5) is 8.78 Å². The first-order chi connectivity index (χ1) is 4.80. The fourth-order valence-corrected chi connectivity index (χ4v) is 0.764. The normalized spacial score (nSPS) is 44.4. The van der Waals surface area contributed by atoms with Crippen LogP contribution in [0.2, 0.25) is 0 Å². The maximum absolute atomic E-state index is 13.0. The zero-order valence-corrected chi connectivity index (χ0v) is 6.07. The van der Waals surface area contributed by atoms with Gasteiger partial charge in [-0.05, 0) is 13.8 Å². The Balaban J connectivity index is 3.15. The topological polar surface area (TPSA) is 46.2 Å². The Morgan fingerprint density at radius 2 is 1.36 bits per heavy atom. The molecule has 5 heteroatoms. The Hall–Kier alpha value is -1.00. The van der Waals surface area contributed by atoms with Crippen molar-refractivity contribution in [2.24, 2.45) is 0 Å². The van der Waals surface area contributed by atoms with Crippen molar-refractivity contribution in [3.8, 4) is 0 Å². The summed E-state index contributed by atoms with van der Waals surface area (Å²) in [6.07, 6.45) is 0. The fourth-order valence-electron chi connectivity index (χ4n) is 0.764. The average molecular weight is 163 g/mol. The molecule has 1 N–H and O–H groups in total. The highest BCUT2D eigenvalue weighted by Gasteiger charge is 2.63. The van der Waals surface area contributed by atoms with E-state index in [0.29, 0.717) is 0 Å². The quantitative estimate of drug-likeness (QED) is 0.515. The number of halogens is 2. The molecule has 0 aromatic heterocycles. The first kappa shape index (κ1) is 8.10. The minimum atomic E-state index is -2.75. The second kappa shape index (κ2) is 1.78. The highest BCUT2D eigenvalue weighted by Crippen LogP contribution is 2.34. The lowest BCUT2D eigenvalue weighted by Gasteiger charge is -2.19. The number of nitrogens with one attached hydrogen (secondary N) is 1. The fraction of sp³-hybridized carbons (Fsp3) is 0.667. The van der Waals surface area contributed by atoms with Crippen LogP contribution in [0, 0.1) is 0 Å². The van der Waals surface area contributed by atoms with Crippen LogP contribution >= 0.6 is 0 Å². The molecule has 1 rings (SSSR count). The van der Waals surface area contributed by atoms with Crippen molar-refractivity contribution in [1.82, 2.24) is 5.32 Å². The number of imide groups is 1. The van der Waals surface area contributed by atoms with Gasteiger partial charge in [0, 0.05) is 0 Å². The van der Waals surface area contributed by atoms with Crippen molar-refractivity contribution in [3.05, 3.63) is 0 Å². The molecule has 2 unspecified atom stereocenters.